The molecule has 7 aromatic rings. The molecule has 0 saturated heterocycles. The molecule has 0 spiro atoms. The summed E-state index contributed by atoms with van der Waals surface area (Å²) in [6.07, 6.45) is 0.481. The third-order valence-corrected chi connectivity index (χ3v) is 9.03. The number of hydrogen-bond acceptors (Lipinski definition) is 5. The van der Waals surface area contributed by atoms with E-state index in [-0.39, 0.29) is 5.91 Å². The molecule has 1 aliphatic rings. The van der Waals surface area contributed by atoms with Crippen LogP contribution in [0.15, 0.2) is 151 Å². The third kappa shape index (κ3) is 5.85. The maximum atomic E-state index is 15.0. The molecule has 0 aliphatic carbocycles. The molecule has 3 heterocycles. The zero-order valence-electron chi connectivity index (χ0n) is 26.6. The van der Waals surface area contributed by atoms with Gasteiger partial charge < -0.3 is 4.74 Å². The average molecular weight is 660 g/mol. The van der Waals surface area contributed by atoms with E-state index in [1.54, 1.807) is 12.1 Å². The largest absolute Gasteiger partial charge is 0.497 e. The van der Waals surface area contributed by atoms with Gasteiger partial charge in [0, 0.05) is 28.0 Å². The summed E-state index contributed by atoms with van der Waals surface area (Å²) in [7, 11) is 1.64. The van der Waals surface area contributed by atoms with Crippen LogP contribution in [0.4, 0.5) is 0 Å². The Morgan fingerprint density at radius 2 is 1.39 bits per heavy atom. The molecule has 0 fully saturated rings. The molecule has 49 heavy (non-hydrogen) atoms. The van der Waals surface area contributed by atoms with Crippen LogP contribution in [0.5, 0.6) is 5.75 Å². The van der Waals surface area contributed by atoms with Gasteiger partial charge in [-0.1, -0.05) is 90.5 Å². The molecule has 5 aromatic carbocycles. The topological polar surface area (TPSA) is 72.6 Å². The number of rotatable bonds is 7. The first-order chi connectivity index (χ1) is 24.1. The normalized spacial score (nSPS) is 14.2. The van der Waals surface area contributed by atoms with Crippen LogP contribution in [0.1, 0.15) is 34.1 Å². The summed E-state index contributed by atoms with van der Waals surface area (Å²) in [5.74, 6) is 0.513. The molecule has 8 rings (SSSR count). The number of carbonyl (C=O) groups is 1. The lowest BCUT2D eigenvalue weighted by Gasteiger charge is -2.23. The minimum Gasteiger partial charge on any atom is -0.497 e. The van der Waals surface area contributed by atoms with Crippen molar-refractivity contribution < 1.29 is 9.53 Å². The first-order valence-electron chi connectivity index (χ1n) is 16.0. The zero-order valence-corrected chi connectivity index (χ0v) is 27.3. The van der Waals surface area contributed by atoms with E-state index in [0.29, 0.717) is 22.7 Å². The van der Waals surface area contributed by atoms with Crippen molar-refractivity contribution in [2.45, 2.75) is 12.5 Å². The van der Waals surface area contributed by atoms with E-state index in [1.165, 1.54) is 0 Å². The number of ether oxygens (including phenoxy) is 1. The Hall–Kier alpha value is -6.05. The Labute approximate surface area is 288 Å². The number of carbonyl (C=O) groups excluding carboxylic acids is 1. The summed E-state index contributed by atoms with van der Waals surface area (Å²) in [5.41, 5.74) is 8.00. The van der Waals surface area contributed by atoms with Gasteiger partial charge in [0.05, 0.1) is 46.7 Å². The maximum absolute atomic E-state index is 15.0. The number of pyridine rings is 1. The van der Waals surface area contributed by atoms with E-state index in [4.69, 9.17) is 31.5 Å². The minimum absolute atomic E-state index is 0.232. The van der Waals surface area contributed by atoms with Crippen LogP contribution in [-0.4, -0.2) is 38.5 Å². The van der Waals surface area contributed by atoms with Crippen LogP contribution >= 0.6 is 11.6 Å². The van der Waals surface area contributed by atoms with Crippen LogP contribution in [0.3, 0.4) is 0 Å². The Morgan fingerprint density at radius 1 is 0.735 bits per heavy atom. The number of amides is 1. The van der Waals surface area contributed by atoms with Crippen molar-refractivity contribution >= 4 is 34.1 Å². The number of fused-ring (bicyclic) bond motifs is 1. The second-order valence-corrected chi connectivity index (χ2v) is 12.2. The van der Waals surface area contributed by atoms with Gasteiger partial charge in [-0.3, -0.25) is 4.79 Å². The van der Waals surface area contributed by atoms with E-state index < -0.39 is 6.04 Å². The maximum Gasteiger partial charge on any atom is 0.275 e. The quantitative estimate of drug-likeness (QED) is 0.171. The summed E-state index contributed by atoms with van der Waals surface area (Å²) in [6, 6.07) is 46.5. The fourth-order valence-electron chi connectivity index (χ4n) is 6.29. The monoisotopic (exact) mass is 659 g/mol. The summed E-state index contributed by atoms with van der Waals surface area (Å²) in [4.78, 5) is 19.9. The number of halogens is 1. The Kier molecular flexibility index (Phi) is 7.95. The Balaban J connectivity index is 1.29. The Bertz CT molecular complexity index is 2320. The fourth-order valence-corrected chi connectivity index (χ4v) is 6.42. The lowest BCUT2D eigenvalue weighted by molar-refractivity contribution is 0.0708. The van der Waals surface area contributed by atoms with Crippen LogP contribution < -0.4 is 4.74 Å². The molecule has 7 nitrogen and oxygen atoms in total. The smallest absolute Gasteiger partial charge is 0.275 e. The molecule has 1 aliphatic heterocycles. The summed E-state index contributed by atoms with van der Waals surface area (Å²) >= 11 is 6.26. The van der Waals surface area contributed by atoms with Crippen LogP contribution in [0, 0.1) is 0 Å². The molecule has 0 saturated carbocycles. The highest BCUT2D eigenvalue weighted by Crippen LogP contribution is 2.38. The number of hydrazone groups is 1. The lowest BCUT2D eigenvalue weighted by Crippen LogP contribution is -2.29. The van der Waals surface area contributed by atoms with Crippen molar-refractivity contribution in [3.05, 3.63) is 167 Å². The highest BCUT2D eigenvalue weighted by Gasteiger charge is 2.37. The van der Waals surface area contributed by atoms with Gasteiger partial charge in [0.25, 0.3) is 5.91 Å². The third-order valence-electron chi connectivity index (χ3n) is 8.78. The van der Waals surface area contributed by atoms with Gasteiger partial charge in [-0.15, -0.1) is 0 Å². The molecule has 1 amide bonds. The van der Waals surface area contributed by atoms with Gasteiger partial charge in [0.15, 0.2) is 0 Å². The molecule has 8 heteroatoms. The molecular weight excluding hydrogens is 630 g/mol. The zero-order chi connectivity index (χ0) is 33.3. The van der Waals surface area contributed by atoms with Crippen molar-refractivity contribution in [2.24, 2.45) is 5.10 Å². The highest BCUT2D eigenvalue weighted by molar-refractivity contribution is 6.30. The SMILES string of the molecule is COc1ccc(-c2cc(C(=O)N3N=C(c4ccc(Cl)cc4)CC3c3cc(-c4ccccc4)nn3-c3ccccc3)c3ccccc3n2)cc1. The van der Waals surface area contributed by atoms with Crippen molar-refractivity contribution in [2.75, 3.05) is 7.11 Å². The van der Waals surface area contributed by atoms with Gasteiger partial charge >= 0.3 is 0 Å². The number of methoxy groups -OCH3 is 1. The molecule has 0 N–H and O–H groups in total. The summed E-state index contributed by atoms with van der Waals surface area (Å²) in [6.45, 7) is 0. The number of aromatic nitrogens is 3. The molecule has 2 aromatic heterocycles. The van der Waals surface area contributed by atoms with Gasteiger partial charge in [0.2, 0.25) is 0 Å². The van der Waals surface area contributed by atoms with Gasteiger partial charge in [0.1, 0.15) is 11.8 Å². The number of benzene rings is 5. The molecule has 0 radical (unpaired) electrons. The predicted molar refractivity (Wildman–Crippen MR) is 194 cm³/mol. The van der Waals surface area contributed by atoms with Crippen molar-refractivity contribution in [1.29, 1.82) is 0 Å². The highest BCUT2D eigenvalue weighted by atomic mass is 35.5. The van der Waals surface area contributed by atoms with E-state index in [0.717, 1.165) is 56.1 Å². The minimum atomic E-state index is -0.459. The van der Waals surface area contributed by atoms with Crippen LogP contribution in [0.2, 0.25) is 5.02 Å². The van der Waals surface area contributed by atoms with Crippen molar-refractivity contribution in [1.82, 2.24) is 19.8 Å². The van der Waals surface area contributed by atoms with Crippen molar-refractivity contribution in [3.63, 3.8) is 0 Å². The van der Waals surface area contributed by atoms with Crippen molar-refractivity contribution in [3.8, 4) is 34.0 Å². The average Bonchev–Trinajstić information content (AvgIpc) is 3.81. The first kappa shape index (κ1) is 30.3. The predicted octanol–water partition coefficient (Wildman–Crippen LogP) is 9.41. The van der Waals surface area contributed by atoms with E-state index in [2.05, 4.69) is 6.07 Å². The molecule has 0 bridgehead atoms. The van der Waals surface area contributed by atoms with E-state index in [9.17, 15) is 0 Å². The molecular formula is C41H30ClN5O2. The standard InChI is InChI=1S/C41H30ClN5O2/c1-49-32-22-18-28(19-23-32)36-24-34(33-14-8-9-15-35(33)43-36)41(48)47-40(26-38(45-47)29-16-20-30(42)21-17-29)39-25-37(27-10-4-2-5-11-27)44-46(39)31-12-6-3-7-13-31/h2-25,40H,26H2,1H3. The number of para-hydroxylation sites is 2. The van der Waals surface area contributed by atoms with E-state index >= 15 is 4.79 Å². The summed E-state index contributed by atoms with van der Waals surface area (Å²) < 4.78 is 7.30. The van der Waals surface area contributed by atoms with Gasteiger partial charge in [-0.2, -0.15) is 10.2 Å². The molecule has 1 atom stereocenters. The van der Waals surface area contributed by atoms with Crippen LogP contribution in [0.25, 0.3) is 39.1 Å². The number of nitrogens with zero attached hydrogens (tertiary/aromatic N) is 5. The van der Waals surface area contributed by atoms with Crippen LogP contribution in [-0.2, 0) is 0 Å². The lowest BCUT2D eigenvalue weighted by atomic mass is 9.99. The Morgan fingerprint density at radius 3 is 2.12 bits per heavy atom. The van der Waals surface area contributed by atoms with Gasteiger partial charge in [-0.25, -0.2) is 14.7 Å². The van der Waals surface area contributed by atoms with E-state index in [1.807, 2.05) is 144 Å². The van der Waals surface area contributed by atoms with Gasteiger partial charge in [-0.05, 0) is 72.3 Å². The summed E-state index contributed by atoms with van der Waals surface area (Å²) in [5, 5.41) is 13.1. The second-order valence-electron chi connectivity index (χ2n) is 11.8. The molecule has 1 unspecified atom stereocenters. The first-order valence-corrected chi connectivity index (χ1v) is 16.4. The number of hydrogen-bond donors (Lipinski definition) is 0. The second kappa shape index (κ2) is 12.9. The molecule has 238 valence electrons. The fraction of sp³-hybridized carbons (Fsp3) is 0.0732.